The minimum absolute atomic E-state index is 0.284. The molecule has 1 aliphatic heterocycles. The summed E-state index contributed by atoms with van der Waals surface area (Å²) < 4.78 is 16.1. The maximum Gasteiger partial charge on any atom is 0.492 e. The molecule has 0 aliphatic carbocycles. The number of methoxy groups -OCH3 is 1. The molecule has 7 nitrogen and oxygen atoms in total. The van der Waals surface area contributed by atoms with Crippen LogP contribution >= 0.6 is 0 Å². The molecule has 0 bridgehead atoms. The number of esters is 1. The maximum atomic E-state index is 13.1. The van der Waals surface area contributed by atoms with E-state index in [-0.39, 0.29) is 6.61 Å². The highest BCUT2D eigenvalue weighted by Crippen LogP contribution is 2.21. The molecular formula is C22H26BNO6. The first-order valence-electron chi connectivity index (χ1n) is 9.76. The minimum atomic E-state index is -1.42. The van der Waals surface area contributed by atoms with Gasteiger partial charge in [-0.3, -0.25) is 4.79 Å². The predicted octanol–water partition coefficient (Wildman–Crippen LogP) is 1.48. The van der Waals surface area contributed by atoms with Crippen LogP contribution in [0.25, 0.3) is 0 Å². The Labute approximate surface area is 176 Å². The van der Waals surface area contributed by atoms with Gasteiger partial charge in [0.15, 0.2) is 5.54 Å². The van der Waals surface area contributed by atoms with E-state index in [1.807, 2.05) is 30.3 Å². The predicted molar refractivity (Wildman–Crippen MR) is 112 cm³/mol. The van der Waals surface area contributed by atoms with Crippen molar-refractivity contribution < 1.29 is 28.7 Å². The number of fused-ring (bicyclic) bond motifs is 1. The molecule has 1 aliphatic rings. The van der Waals surface area contributed by atoms with Crippen LogP contribution in [0.3, 0.4) is 0 Å². The number of hydrogen-bond acceptors (Lipinski definition) is 6. The Morgan fingerprint density at radius 1 is 1.27 bits per heavy atom. The summed E-state index contributed by atoms with van der Waals surface area (Å²) in [6, 6.07) is 13.0. The van der Waals surface area contributed by atoms with Crippen molar-refractivity contribution in [2.75, 3.05) is 7.11 Å². The van der Waals surface area contributed by atoms with E-state index in [1.165, 1.54) is 7.11 Å². The Kier molecular flexibility index (Phi) is 6.60. The summed E-state index contributed by atoms with van der Waals surface area (Å²) in [5.41, 5.74) is 1.93. The maximum absolute atomic E-state index is 13.1. The van der Waals surface area contributed by atoms with Gasteiger partial charge in [0.25, 0.3) is 5.91 Å². The largest absolute Gasteiger partial charge is 0.492 e. The lowest BCUT2D eigenvalue weighted by atomic mass is 9.75. The van der Waals surface area contributed by atoms with Crippen molar-refractivity contribution in [3.8, 4) is 0 Å². The van der Waals surface area contributed by atoms with Crippen molar-refractivity contribution in [1.29, 1.82) is 0 Å². The molecule has 3 rings (SSSR count). The Bertz CT molecular complexity index is 935. The third-order valence-electron chi connectivity index (χ3n) is 5.63. The average molecular weight is 411 g/mol. The van der Waals surface area contributed by atoms with Gasteiger partial charge >= 0.3 is 13.1 Å². The second-order valence-corrected chi connectivity index (χ2v) is 7.56. The van der Waals surface area contributed by atoms with Crippen LogP contribution in [0.5, 0.6) is 0 Å². The van der Waals surface area contributed by atoms with Crippen molar-refractivity contribution in [3.05, 3.63) is 64.7 Å². The topological polar surface area (TPSA) is 94.1 Å². The van der Waals surface area contributed by atoms with E-state index in [2.05, 4.69) is 5.32 Å². The summed E-state index contributed by atoms with van der Waals surface area (Å²) in [4.78, 5) is 25.7. The van der Waals surface area contributed by atoms with Crippen molar-refractivity contribution in [2.24, 2.45) is 0 Å². The van der Waals surface area contributed by atoms with Gasteiger partial charge in [-0.15, -0.1) is 0 Å². The number of hydrogen-bond donors (Lipinski definition) is 2. The summed E-state index contributed by atoms with van der Waals surface area (Å²) >= 11 is 0. The number of carbonyl (C=O) groups excluding carboxylic acids is 2. The highest BCUT2D eigenvalue weighted by atomic mass is 16.5. The third kappa shape index (κ3) is 4.26. The van der Waals surface area contributed by atoms with Crippen LogP contribution in [-0.2, 0) is 32.1 Å². The van der Waals surface area contributed by atoms with Gasteiger partial charge in [-0.2, -0.15) is 0 Å². The zero-order chi connectivity index (χ0) is 21.9. The van der Waals surface area contributed by atoms with Gasteiger partial charge in [0.2, 0.25) is 0 Å². The monoisotopic (exact) mass is 411 g/mol. The molecule has 0 spiro atoms. The lowest BCUT2D eigenvalue weighted by Crippen LogP contribution is -2.60. The van der Waals surface area contributed by atoms with Gasteiger partial charge in [-0.25, -0.2) is 4.79 Å². The highest BCUT2D eigenvalue weighted by Gasteiger charge is 2.43. The van der Waals surface area contributed by atoms with Crippen LogP contribution in [0.1, 0.15) is 40.9 Å². The highest BCUT2D eigenvalue weighted by molar-refractivity contribution is 6.62. The molecule has 0 saturated carbocycles. The Morgan fingerprint density at radius 3 is 2.63 bits per heavy atom. The van der Waals surface area contributed by atoms with Gasteiger partial charge in [-0.05, 0) is 49.0 Å². The van der Waals surface area contributed by atoms with Gasteiger partial charge in [0, 0.05) is 5.56 Å². The lowest BCUT2D eigenvalue weighted by Gasteiger charge is -2.34. The van der Waals surface area contributed by atoms with Crippen molar-refractivity contribution in [3.63, 3.8) is 0 Å². The van der Waals surface area contributed by atoms with Crippen LogP contribution in [-0.4, -0.2) is 42.8 Å². The van der Waals surface area contributed by atoms with E-state index in [0.717, 1.165) is 11.1 Å². The fourth-order valence-electron chi connectivity index (χ4n) is 3.55. The van der Waals surface area contributed by atoms with Crippen molar-refractivity contribution in [2.45, 2.75) is 45.6 Å². The molecular weight excluding hydrogens is 385 g/mol. The third-order valence-corrected chi connectivity index (χ3v) is 5.63. The number of ether oxygens (including phenoxy) is 2. The molecule has 2 aromatic rings. The van der Waals surface area contributed by atoms with E-state index in [0.29, 0.717) is 23.2 Å². The Balaban J connectivity index is 1.81. The van der Waals surface area contributed by atoms with E-state index >= 15 is 0 Å². The fraction of sp³-hybridized carbons (Fsp3) is 0.364. The first-order chi connectivity index (χ1) is 14.3. The zero-order valence-corrected chi connectivity index (χ0v) is 17.6. The summed E-state index contributed by atoms with van der Waals surface area (Å²) in [5.74, 6) is -1.07. The number of nitrogens with one attached hydrogen (secondary N) is 1. The minimum Gasteiger partial charge on any atom is -0.467 e. The van der Waals surface area contributed by atoms with Crippen LogP contribution in [0.4, 0.5) is 0 Å². The molecule has 2 aromatic carbocycles. The zero-order valence-electron chi connectivity index (χ0n) is 17.6. The number of benzene rings is 2. The van der Waals surface area contributed by atoms with E-state index in [9.17, 15) is 14.6 Å². The molecule has 0 aromatic heterocycles. The average Bonchev–Trinajstić information content (AvgIpc) is 3.13. The van der Waals surface area contributed by atoms with Gasteiger partial charge < -0.3 is 24.5 Å². The first-order valence-corrected chi connectivity index (χ1v) is 9.76. The normalized spacial score (nSPS) is 15.8. The molecule has 30 heavy (non-hydrogen) atoms. The van der Waals surface area contributed by atoms with Crippen molar-refractivity contribution >= 4 is 24.5 Å². The summed E-state index contributed by atoms with van der Waals surface area (Å²) in [6.07, 6.45) is -0.669. The van der Waals surface area contributed by atoms with Gasteiger partial charge in [0.05, 0.1) is 26.4 Å². The molecule has 0 saturated heterocycles. The standard InChI is InChI=1S/C22H26BNO6/c1-14-18(11-10-17-13-30-23(27)19(14)17)20(25)24-22(3,21(26)28-4)15(2)29-12-16-8-6-5-7-9-16/h5-11,15,27H,12-13H2,1-4H3,(H,24,25)/t15-,22?/m1/s1. The van der Waals surface area contributed by atoms with E-state index < -0.39 is 30.6 Å². The van der Waals surface area contributed by atoms with Gasteiger partial charge in [-0.1, -0.05) is 36.4 Å². The second-order valence-electron chi connectivity index (χ2n) is 7.56. The molecule has 2 atom stereocenters. The molecule has 0 fully saturated rings. The first kappa shape index (κ1) is 22.0. The van der Waals surface area contributed by atoms with Crippen LogP contribution in [0.15, 0.2) is 42.5 Å². The molecule has 1 amide bonds. The van der Waals surface area contributed by atoms with E-state index in [4.69, 9.17) is 14.1 Å². The Morgan fingerprint density at radius 2 is 1.97 bits per heavy atom. The second kappa shape index (κ2) is 8.99. The number of amides is 1. The molecule has 0 radical (unpaired) electrons. The SMILES string of the molecule is COC(=O)C(C)(NC(=O)c1ccc2c(c1C)B(O)OC2)[C@@H](C)OCc1ccccc1. The van der Waals surface area contributed by atoms with E-state index in [1.54, 1.807) is 32.9 Å². The molecule has 1 heterocycles. The summed E-state index contributed by atoms with van der Waals surface area (Å²) in [7, 11) is 0.207. The molecule has 1 unspecified atom stereocenters. The fourth-order valence-corrected chi connectivity index (χ4v) is 3.55. The molecule has 8 heteroatoms. The molecule has 158 valence electrons. The molecule has 2 N–H and O–H groups in total. The lowest BCUT2D eigenvalue weighted by molar-refractivity contribution is -0.154. The number of carbonyl (C=O) groups is 2. The summed E-state index contributed by atoms with van der Waals surface area (Å²) in [6.45, 7) is 5.62. The Hall–Kier alpha value is -2.68. The number of rotatable bonds is 7. The van der Waals surface area contributed by atoms with Crippen LogP contribution < -0.4 is 10.8 Å². The van der Waals surface area contributed by atoms with Gasteiger partial charge in [0.1, 0.15) is 0 Å². The smallest absolute Gasteiger partial charge is 0.467 e. The van der Waals surface area contributed by atoms with Crippen LogP contribution in [0, 0.1) is 6.92 Å². The quantitative estimate of drug-likeness (QED) is 0.530. The van der Waals surface area contributed by atoms with Crippen LogP contribution in [0.2, 0.25) is 0 Å². The summed E-state index contributed by atoms with van der Waals surface area (Å²) in [5, 5.41) is 12.8. The van der Waals surface area contributed by atoms with Crippen molar-refractivity contribution in [1.82, 2.24) is 5.32 Å².